The van der Waals surface area contributed by atoms with Crippen molar-refractivity contribution in [1.29, 1.82) is 0 Å². The Morgan fingerprint density at radius 2 is 1.86 bits per heavy atom. The second-order valence-corrected chi connectivity index (χ2v) is 6.85. The van der Waals surface area contributed by atoms with E-state index in [9.17, 15) is 14.4 Å². The van der Waals surface area contributed by atoms with Crippen molar-refractivity contribution in [2.45, 2.75) is 27.7 Å². The summed E-state index contributed by atoms with van der Waals surface area (Å²) in [5.74, 6) is -0.486. The molecule has 1 N–H and O–H groups in total. The van der Waals surface area contributed by atoms with E-state index in [2.05, 4.69) is 5.32 Å². The summed E-state index contributed by atoms with van der Waals surface area (Å²) >= 11 is 1.07. The molecule has 0 aliphatic heterocycles. The number of anilines is 1. The quantitative estimate of drug-likeness (QED) is 0.400. The van der Waals surface area contributed by atoms with Crippen LogP contribution in [0.25, 0.3) is 6.08 Å². The Balaban J connectivity index is 2.27. The monoisotopic (exact) mass is 401 g/mol. The van der Waals surface area contributed by atoms with Gasteiger partial charge in [-0.25, -0.2) is 4.79 Å². The number of benzene rings is 1. The maximum atomic E-state index is 12.4. The average Bonchev–Trinajstić information content (AvgIpc) is 2.97. The summed E-state index contributed by atoms with van der Waals surface area (Å²) in [7, 11) is 0. The summed E-state index contributed by atoms with van der Waals surface area (Å²) in [5.41, 5.74) is 1.49. The van der Waals surface area contributed by atoms with Crippen LogP contribution in [0.15, 0.2) is 30.3 Å². The Bertz CT molecular complexity index is 914. The number of thiophene rings is 1. The van der Waals surface area contributed by atoms with Crippen LogP contribution in [0.2, 0.25) is 0 Å². The molecule has 1 amide bonds. The number of hydrogen-bond acceptors (Lipinski definition) is 6. The van der Waals surface area contributed by atoms with Crippen LogP contribution in [0.4, 0.5) is 5.00 Å². The van der Waals surface area contributed by atoms with Gasteiger partial charge in [-0.3, -0.25) is 9.59 Å². The number of amides is 1. The first-order valence-corrected chi connectivity index (χ1v) is 9.72. The van der Waals surface area contributed by atoms with Gasteiger partial charge in [-0.15, -0.1) is 11.3 Å². The van der Waals surface area contributed by atoms with Crippen LogP contribution < -0.4 is 10.1 Å². The summed E-state index contributed by atoms with van der Waals surface area (Å²) in [6, 6.07) is 7.36. The van der Waals surface area contributed by atoms with Gasteiger partial charge in [-0.05, 0) is 45.4 Å². The number of para-hydroxylation sites is 1. The molecule has 0 bridgehead atoms. The summed E-state index contributed by atoms with van der Waals surface area (Å²) in [6.45, 7) is 7.39. The van der Waals surface area contributed by atoms with E-state index in [1.807, 2.05) is 31.2 Å². The molecule has 7 heteroatoms. The van der Waals surface area contributed by atoms with Crippen molar-refractivity contribution >= 4 is 40.1 Å². The van der Waals surface area contributed by atoms with Crippen LogP contribution in [0, 0.1) is 6.92 Å². The highest BCUT2D eigenvalue weighted by molar-refractivity contribution is 7.18. The molecule has 1 aromatic carbocycles. The topological polar surface area (TPSA) is 81.7 Å². The molecular weight excluding hydrogens is 378 g/mol. The molecule has 0 saturated carbocycles. The zero-order valence-electron chi connectivity index (χ0n) is 16.3. The molecule has 148 valence electrons. The smallest absolute Gasteiger partial charge is 0.341 e. The minimum absolute atomic E-state index is 0.172. The number of Topliss-reactive ketones (excluding diaryl/α,β-unsaturated/α-hetero) is 1. The lowest BCUT2D eigenvalue weighted by Crippen LogP contribution is -2.12. The average molecular weight is 401 g/mol. The van der Waals surface area contributed by atoms with Crippen molar-refractivity contribution in [3.05, 3.63) is 51.9 Å². The number of ether oxygens (including phenoxy) is 2. The van der Waals surface area contributed by atoms with Gasteiger partial charge in [0, 0.05) is 11.6 Å². The fraction of sp³-hybridized carbons (Fsp3) is 0.286. The second-order valence-electron chi connectivity index (χ2n) is 5.83. The number of rotatable bonds is 8. The van der Waals surface area contributed by atoms with Gasteiger partial charge in [-0.2, -0.15) is 0 Å². The minimum Gasteiger partial charge on any atom is -0.493 e. The predicted octanol–water partition coefficient (Wildman–Crippen LogP) is 4.49. The molecule has 0 aliphatic carbocycles. The molecule has 0 radical (unpaired) electrons. The predicted molar refractivity (Wildman–Crippen MR) is 110 cm³/mol. The van der Waals surface area contributed by atoms with Gasteiger partial charge >= 0.3 is 5.97 Å². The first-order valence-electron chi connectivity index (χ1n) is 8.91. The van der Waals surface area contributed by atoms with Crippen LogP contribution in [0.3, 0.4) is 0 Å². The zero-order chi connectivity index (χ0) is 20.7. The molecule has 6 nitrogen and oxygen atoms in total. The molecule has 0 aliphatic rings. The van der Waals surface area contributed by atoms with Gasteiger partial charge in [0.05, 0.1) is 23.7 Å². The molecule has 0 saturated heterocycles. The van der Waals surface area contributed by atoms with Gasteiger partial charge in [0.2, 0.25) is 5.91 Å². The van der Waals surface area contributed by atoms with Crippen LogP contribution in [0.5, 0.6) is 5.75 Å². The maximum absolute atomic E-state index is 12.4. The highest BCUT2D eigenvalue weighted by Crippen LogP contribution is 2.34. The largest absolute Gasteiger partial charge is 0.493 e. The number of esters is 1. The lowest BCUT2D eigenvalue weighted by atomic mass is 10.1. The van der Waals surface area contributed by atoms with Crippen molar-refractivity contribution in [1.82, 2.24) is 0 Å². The minimum atomic E-state index is -0.565. The Kier molecular flexibility index (Phi) is 7.52. The highest BCUT2D eigenvalue weighted by atomic mass is 32.1. The van der Waals surface area contributed by atoms with Crippen molar-refractivity contribution in [2.24, 2.45) is 0 Å². The van der Waals surface area contributed by atoms with Gasteiger partial charge < -0.3 is 14.8 Å². The number of carbonyl (C=O) groups is 3. The normalized spacial score (nSPS) is 10.7. The molecule has 2 aromatic rings. The molecule has 0 fully saturated rings. The van der Waals surface area contributed by atoms with Gasteiger partial charge in [-0.1, -0.05) is 18.2 Å². The molecule has 0 spiro atoms. The summed E-state index contributed by atoms with van der Waals surface area (Å²) in [5, 5.41) is 2.99. The van der Waals surface area contributed by atoms with Crippen molar-refractivity contribution in [3.8, 4) is 5.75 Å². The van der Waals surface area contributed by atoms with E-state index < -0.39 is 11.9 Å². The molecule has 1 heterocycles. The first kappa shape index (κ1) is 21.4. The molecule has 28 heavy (non-hydrogen) atoms. The van der Waals surface area contributed by atoms with Crippen LogP contribution in [0.1, 0.15) is 51.9 Å². The molecule has 2 rings (SSSR count). The van der Waals surface area contributed by atoms with E-state index in [4.69, 9.17) is 9.47 Å². The molecule has 1 aromatic heterocycles. The Morgan fingerprint density at radius 1 is 1.14 bits per heavy atom. The van der Waals surface area contributed by atoms with E-state index in [1.54, 1.807) is 19.9 Å². The van der Waals surface area contributed by atoms with Gasteiger partial charge in [0.15, 0.2) is 5.78 Å². The van der Waals surface area contributed by atoms with E-state index in [1.165, 1.54) is 13.0 Å². The van der Waals surface area contributed by atoms with E-state index in [-0.39, 0.29) is 18.0 Å². The van der Waals surface area contributed by atoms with Crippen LogP contribution >= 0.6 is 11.3 Å². The van der Waals surface area contributed by atoms with Crippen LogP contribution in [-0.2, 0) is 9.53 Å². The summed E-state index contributed by atoms with van der Waals surface area (Å²) < 4.78 is 10.6. The highest BCUT2D eigenvalue weighted by Gasteiger charge is 2.24. The Labute approximate surface area is 168 Å². The number of hydrogen-bond donors (Lipinski definition) is 1. The number of nitrogens with one attached hydrogen (secondary N) is 1. The third kappa shape index (κ3) is 5.07. The molecule has 0 unspecified atom stereocenters. The van der Waals surface area contributed by atoms with Gasteiger partial charge in [0.1, 0.15) is 10.8 Å². The van der Waals surface area contributed by atoms with Crippen LogP contribution in [-0.4, -0.2) is 30.9 Å². The third-order valence-corrected chi connectivity index (χ3v) is 5.12. The Morgan fingerprint density at radius 3 is 2.50 bits per heavy atom. The first-order chi connectivity index (χ1) is 13.4. The van der Waals surface area contributed by atoms with Gasteiger partial charge in [0.25, 0.3) is 0 Å². The number of carbonyl (C=O) groups excluding carboxylic acids is 3. The standard InChI is InChI=1S/C21H23NO5S/c1-5-26-16-10-8-7-9-15(16)11-12-17(24)22-20-18(21(25)27-6-2)13(3)19(28-20)14(4)23/h7-12H,5-6H2,1-4H3,(H,22,24)/b12-11+. The lowest BCUT2D eigenvalue weighted by Gasteiger charge is -2.07. The lowest BCUT2D eigenvalue weighted by molar-refractivity contribution is -0.111. The maximum Gasteiger partial charge on any atom is 0.341 e. The molecular formula is C21H23NO5S. The fourth-order valence-corrected chi connectivity index (χ4v) is 3.70. The Hall–Kier alpha value is -2.93. The van der Waals surface area contributed by atoms with Crippen molar-refractivity contribution in [3.63, 3.8) is 0 Å². The SMILES string of the molecule is CCOC(=O)c1c(NC(=O)/C=C/c2ccccc2OCC)sc(C(C)=O)c1C. The second kappa shape index (κ2) is 9.85. The molecule has 0 atom stereocenters. The van der Waals surface area contributed by atoms with E-state index >= 15 is 0 Å². The fourth-order valence-electron chi connectivity index (χ4n) is 2.61. The summed E-state index contributed by atoms with van der Waals surface area (Å²) in [6.07, 6.45) is 2.99. The zero-order valence-corrected chi connectivity index (χ0v) is 17.1. The summed E-state index contributed by atoms with van der Waals surface area (Å²) in [4.78, 5) is 36.9. The van der Waals surface area contributed by atoms with E-state index in [0.29, 0.717) is 27.8 Å². The third-order valence-electron chi connectivity index (χ3n) is 3.82. The van der Waals surface area contributed by atoms with Crippen molar-refractivity contribution < 1.29 is 23.9 Å². The number of ketones is 1. The van der Waals surface area contributed by atoms with E-state index in [0.717, 1.165) is 16.9 Å². The van der Waals surface area contributed by atoms with Crippen molar-refractivity contribution in [2.75, 3.05) is 18.5 Å².